The molecule has 1 saturated carbocycles. The molecule has 2 saturated heterocycles. The number of aliphatic hydroxyl groups excluding tert-OH is 2. The second kappa shape index (κ2) is 16.6. The Morgan fingerprint density at radius 2 is 1.73 bits per heavy atom. The van der Waals surface area contributed by atoms with E-state index in [-0.39, 0.29) is 60.8 Å². The fourth-order valence-corrected chi connectivity index (χ4v) is 8.06. The third-order valence-corrected chi connectivity index (χ3v) is 10.9. The van der Waals surface area contributed by atoms with Crippen molar-refractivity contribution in [3.05, 3.63) is 77.9 Å². The molecule has 14 nitrogen and oxygen atoms in total. The predicted molar refractivity (Wildman–Crippen MR) is 200 cm³/mol. The van der Waals surface area contributed by atoms with Gasteiger partial charge in [-0.05, 0) is 55.5 Å². The van der Waals surface area contributed by atoms with Gasteiger partial charge in [-0.15, -0.1) is 0 Å². The Hall–Kier alpha value is -5.07. The Morgan fingerprint density at radius 1 is 1.00 bits per heavy atom. The molecule has 300 valence electrons. The van der Waals surface area contributed by atoms with Gasteiger partial charge in [0.2, 0.25) is 5.95 Å². The molecular weight excluding hydrogens is 736 g/mol. The third kappa shape index (κ3) is 8.36. The number of rotatable bonds is 12. The third-order valence-electron chi connectivity index (χ3n) is 10.9. The van der Waals surface area contributed by atoms with Crippen molar-refractivity contribution in [2.75, 3.05) is 49.5 Å². The zero-order valence-electron chi connectivity index (χ0n) is 30.8. The molecule has 3 aliphatic rings. The second-order valence-corrected chi connectivity index (χ2v) is 14.7. The molecule has 4 heterocycles. The molecule has 56 heavy (non-hydrogen) atoms. The van der Waals surface area contributed by atoms with Crippen LogP contribution in [0.15, 0.2) is 60.9 Å². The van der Waals surface area contributed by atoms with E-state index in [1.165, 1.54) is 23.0 Å². The number of alkyl halides is 3. The lowest BCUT2D eigenvalue weighted by molar-refractivity contribution is -0.190. The summed E-state index contributed by atoms with van der Waals surface area (Å²) < 4.78 is 56.4. The zero-order chi connectivity index (χ0) is 39.6. The summed E-state index contributed by atoms with van der Waals surface area (Å²) in [5.41, 5.74) is 2.36. The highest BCUT2D eigenvalue weighted by Crippen LogP contribution is 2.38. The first-order valence-electron chi connectivity index (χ1n) is 19.0. The lowest BCUT2D eigenvalue weighted by Gasteiger charge is -2.31. The van der Waals surface area contributed by atoms with Gasteiger partial charge < -0.3 is 45.8 Å². The van der Waals surface area contributed by atoms with Gasteiger partial charge in [-0.3, -0.25) is 4.79 Å². The van der Waals surface area contributed by atoms with Crippen molar-refractivity contribution in [1.82, 2.24) is 40.4 Å². The summed E-state index contributed by atoms with van der Waals surface area (Å²) in [6, 6.07) is 13.2. The van der Waals surface area contributed by atoms with Crippen LogP contribution in [0.25, 0.3) is 11.2 Å². The van der Waals surface area contributed by atoms with Crippen LogP contribution in [0.5, 0.6) is 0 Å². The van der Waals surface area contributed by atoms with Crippen LogP contribution in [-0.4, -0.2) is 122 Å². The summed E-state index contributed by atoms with van der Waals surface area (Å²) in [6.07, 6.45) is -5.52. The molecule has 0 bridgehead atoms. The number of anilines is 2. The summed E-state index contributed by atoms with van der Waals surface area (Å²) in [4.78, 5) is 42.1. The maximum atomic E-state index is 14.0. The van der Waals surface area contributed by atoms with E-state index < -0.39 is 36.4 Å². The van der Waals surface area contributed by atoms with Crippen LogP contribution in [0.4, 0.5) is 34.1 Å². The minimum absolute atomic E-state index is 0.0477. The minimum Gasteiger partial charge on any atom is -0.388 e. The van der Waals surface area contributed by atoms with E-state index in [2.05, 4.69) is 26.3 Å². The van der Waals surface area contributed by atoms with Gasteiger partial charge in [0.1, 0.15) is 18.0 Å². The molecule has 1 aliphatic carbocycles. The van der Waals surface area contributed by atoms with Crippen molar-refractivity contribution in [3.63, 3.8) is 0 Å². The first kappa shape index (κ1) is 39.2. The molecule has 6 N–H and O–H groups in total. The average molecular weight is 783 g/mol. The molecule has 0 radical (unpaired) electrons. The number of imidazole rings is 1. The number of halogens is 4. The fraction of sp³-hybridized carbons (Fsp3) is 0.500. The smallest absolute Gasteiger partial charge is 0.388 e. The van der Waals surface area contributed by atoms with Gasteiger partial charge in [0.15, 0.2) is 17.0 Å². The number of nitrogens with one attached hydrogen (secondary N) is 4. The maximum absolute atomic E-state index is 14.0. The summed E-state index contributed by atoms with van der Waals surface area (Å²) in [7, 11) is 0. The quantitative estimate of drug-likeness (QED) is 0.117. The van der Waals surface area contributed by atoms with Crippen LogP contribution >= 0.6 is 0 Å². The first-order chi connectivity index (χ1) is 26.9. The molecule has 3 amide bonds. The lowest BCUT2D eigenvalue weighted by atomic mass is 9.91. The number of carbonyl (C=O) groups is 2. The number of benzene rings is 2. The van der Waals surface area contributed by atoms with E-state index in [1.54, 1.807) is 19.1 Å². The highest BCUT2D eigenvalue weighted by molar-refractivity contribution is 5.85. The van der Waals surface area contributed by atoms with Gasteiger partial charge in [-0.25, -0.2) is 14.2 Å². The van der Waals surface area contributed by atoms with Crippen LogP contribution in [0.3, 0.4) is 0 Å². The van der Waals surface area contributed by atoms with Gasteiger partial charge in [0, 0.05) is 50.7 Å². The summed E-state index contributed by atoms with van der Waals surface area (Å²) in [5, 5.41) is 35.1. The van der Waals surface area contributed by atoms with E-state index in [4.69, 9.17) is 9.97 Å². The molecule has 3 fully saturated rings. The zero-order valence-corrected chi connectivity index (χ0v) is 30.8. The van der Waals surface area contributed by atoms with Crippen LogP contribution in [-0.2, 0) is 4.79 Å². The van der Waals surface area contributed by atoms with Crippen molar-refractivity contribution < 1.29 is 37.4 Å². The van der Waals surface area contributed by atoms with Crippen molar-refractivity contribution in [3.8, 4) is 0 Å². The Morgan fingerprint density at radius 3 is 2.43 bits per heavy atom. The molecule has 2 aromatic carbocycles. The van der Waals surface area contributed by atoms with Gasteiger partial charge in [-0.1, -0.05) is 49.4 Å². The number of hydrogen-bond donors (Lipinski definition) is 6. The van der Waals surface area contributed by atoms with Crippen LogP contribution in [0, 0.1) is 5.82 Å². The SMILES string of the molecule is CCCN(C(=O)C(F)(F)F)[C@H]1C[C@@H](n2cnc3c(NCC(c4ccccc4)c4ccc(F)cc4)nc(N4CC[C@@H](NC(=O)NC5CCNC5)C4)nc32)[C@H](O)[C@@H]1O. The van der Waals surface area contributed by atoms with Gasteiger partial charge >= 0.3 is 18.1 Å². The molecule has 0 spiro atoms. The number of amides is 3. The number of aliphatic hydroxyl groups is 2. The van der Waals surface area contributed by atoms with Gasteiger partial charge in [0.05, 0.1) is 18.4 Å². The Balaban J connectivity index is 1.21. The Labute approximate surface area is 320 Å². The number of urea groups is 1. The van der Waals surface area contributed by atoms with Gasteiger partial charge in [-0.2, -0.15) is 23.1 Å². The molecular formula is C38H46F4N10O4. The topological polar surface area (TPSA) is 173 Å². The molecule has 2 aliphatic heterocycles. The largest absolute Gasteiger partial charge is 0.471 e. The maximum Gasteiger partial charge on any atom is 0.471 e. The number of carbonyl (C=O) groups excluding carboxylic acids is 2. The molecule has 2 unspecified atom stereocenters. The molecule has 18 heteroatoms. The normalized spacial score (nSPS) is 24.4. The molecule has 2 aromatic heterocycles. The fourth-order valence-electron chi connectivity index (χ4n) is 8.06. The van der Waals surface area contributed by atoms with Crippen LogP contribution < -0.4 is 26.2 Å². The molecule has 4 aromatic rings. The van der Waals surface area contributed by atoms with E-state index >= 15 is 0 Å². The highest BCUT2D eigenvalue weighted by atomic mass is 19.4. The second-order valence-electron chi connectivity index (χ2n) is 14.7. The van der Waals surface area contributed by atoms with E-state index in [0.717, 1.165) is 24.1 Å². The van der Waals surface area contributed by atoms with Crippen molar-refractivity contribution in [1.29, 1.82) is 0 Å². The summed E-state index contributed by atoms with van der Waals surface area (Å²) in [6.45, 7) is 4.08. The number of hydrogen-bond acceptors (Lipinski definition) is 10. The average Bonchev–Trinajstić information content (AvgIpc) is 4.00. The standard InChI is InChI=1S/C38H46F4N10O4/c1-2-15-51(35(55)38(40,41)42)28-17-29(32(54)31(28)53)52-21-45-30-33(44-19-27(22-6-4-3-5-7-22)23-8-10-24(39)11-9-23)48-36(49-34(30)52)50-16-13-26(20-50)47-37(56)46-25-12-14-43-18-25/h3-11,21,25-29,31-32,43,53-54H,2,12-20H2,1H3,(H,44,48,49)(H2,46,47,56)/t25?,26-,27?,28+,29-,31-,32+/m1/s1. The van der Waals surface area contributed by atoms with Crippen molar-refractivity contribution in [2.24, 2.45) is 0 Å². The van der Waals surface area contributed by atoms with Crippen LogP contribution in [0.2, 0.25) is 0 Å². The van der Waals surface area contributed by atoms with E-state index in [0.29, 0.717) is 48.8 Å². The number of aromatic nitrogens is 4. The van der Waals surface area contributed by atoms with E-state index in [1.807, 2.05) is 35.2 Å². The lowest BCUT2D eigenvalue weighted by Crippen LogP contribution is -2.51. The highest BCUT2D eigenvalue weighted by Gasteiger charge is 2.51. The number of nitrogens with zero attached hydrogens (tertiary/aromatic N) is 6. The molecule has 7 atom stereocenters. The number of fused-ring (bicyclic) bond motifs is 1. The molecule has 7 rings (SSSR count). The van der Waals surface area contributed by atoms with Crippen molar-refractivity contribution >= 4 is 34.9 Å². The summed E-state index contributed by atoms with van der Waals surface area (Å²) in [5.74, 6) is -2.07. The van der Waals surface area contributed by atoms with Crippen molar-refractivity contribution in [2.45, 2.75) is 81.1 Å². The summed E-state index contributed by atoms with van der Waals surface area (Å²) >= 11 is 0. The Bertz CT molecular complexity index is 1980. The van der Waals surface area contributed by atoms with Gasteiger partial charge in [0.25, 0.3) is 0 Å². The predicted octanol–water partition coefficient (Wildman–Crippen LogP) is 3.29. The first-order valence-corrected chi connectivity index (χ1v) is 19.0. The minimum atomic E-state index is -5.16. The van der Waals surface area contributed by atoms with Crippen LogP contribution in [0.1, 0.15) is 55.7 Å². The Kier molecular flexibility index (Phi) is 11.6. The monoisotopic (exact) mass is 782 g/mol. The van der Waals surface area contributed by atoms with E-state index in [9.17, 15) is 37.4 Å².